The van der Waals surface area contributed by atoms with E-state index in [2.05, 4.69) is 11.9 Å². The fraction of sp³-hybridized carbons (Fsp3) is 0.917. The van der Waals surface area contributed by atoms with Gasteiger partial charge in [0.15, 0.2) is 0 Å². The maximum absolute atomic E-state index is 11.7. The third-order valence-electron chi connectivity index (χ3n) is 3.83. The highest BCUT2D eigenvalue weighted by molar-refractivity contribution is 5.84. The molecule has 2 fully saturated rings. The SMILES string of the molecule is CN(CC1CCC1)C1CCCCC1=O. The molecule has 0 aromatic rings. The molecule has 0 heterocycles. The summed E-state index contributed by atoms with van der Waals surface area (Å²) < 4.78 is 0. The normalized spacial score (nSPS) is 29.3. The number of ketones is 1. The van der Waals surface area contributed by atoms with Crippen molar-refractivity contribution in [3.8, 4) is 0 Å². The van der Waals surface area contributed by atoms with Crippen LogP contribution in [0.5, 0.6) is 0 Å². The van der Waals surface area contributed by atoms with Crippen LogP contribution in [0.1, 0.15) is 44.9 Å². The monoisotopic (exact) mass is 195 g/mol. The number of likely N-dealkylation sites (N-methyl/N-ethyl adjacent to an activating group) is 1. The molecule has 2 rings (SSSR count). The predicted octanol–water partition coefficient (Wildman–Crippen LogP) is 2.23. The zero-order valence-corrected chi connectivity index (χ0v) is 9.17. The molecule has 14 heavy (non-hydrogen) atoms. The number of rotatable bonds is 3. The quantitative estimate of drug-likeness (QED) is 0.688. The summed E-state index contributed by atoms with van der Waals surface area (Å²) in [6.07, 6.45) is 8.44. The number of hydrogen-bond acceptors (Lipinski definition) is 2. The Bertz CT molecular complexity index is 210. The fourth-order valence-corrected chi connectivity index (χ4v) is 2.64. The van der Waals surface area contributed by atoms with Gasteiger partial charge in [-0.05, 0) is 38.6 Å². The minimum Gasteiger partial charge on any atom is -0.298 e. The molecule has 2 aliphatic rings. The number of carbonyl (C=O) groups excluding carboxylic acids is 1. The lowest BCUT2D eigenvalue weighted by atomic mass is 9.84. The molecule has 2 heteroatoms. The van der Waals surface area contributed by atoms with Gasteiger partial charge >= 0.3 is 0 Å². The zero-order chi connectivity index (χ0) is 9.97. The molecule has 0 N–H and O–H groups in total. The molecule has 0 saturated heterocycles. The molecule has 2 saturated carbocycles. The van der Waals surface area contributed by atoms with E-state index in [9.17, 15) is 4.79 Å². The van der Waals surface area contributed by atoms with Gasteiger partial charge in [0.2, 0.25) is 0 Å². The zero-order valence-electron chi connectivity index (χ0n) is 9.17. The average molecular weight is 195 g/mol. The smallest absolute Gasteiger partial charge is 0.149 e. The van der Waals surface area contributed by atoms with Crippen molar-refractivity contribution in [1.82, 2.24) is 4.90 Å². The van der Waals surface area contributed by atoms with Crippen LogP contribution in [0.3, 0.4) is 0 Å². The minimum atomic E-state index is 0.254. The number of carbonyl (C=O) groups is 1. The molecular formula is C12H21NO. The van der Waals surface area contributed by atoms with E-state index in [-0.39, 0.29) is 6.04 Å². The first-order chi connectivity index (χ1) is 6.77. The maximum atomic E-state index is 11.7. The number of Topliss-reactive ketones (excluding diaryl/α,β-unsaturated/α-hetero) is 1. The highest BCUT2D eigenvalue weighted by Gasteiger charge is 2.28. The first-order valence-corrected chi connectivity index (χ1v) is 6.00. The van der Waals surface area contributed by atoms with E-state index in [4.69, 9.17) is 0 Å². The van der Waals surface area contributed by atoms with Gasteiger partial charge in [0.1, 0.15) is 5.78 Å². The molecule has 0 aromatic carbocycles. The van der Waals surface area contributed by atoms with Crippen LogP contribution < -0.4 is 0 Å². The van der Waals surface area contributed by atoms with Gasteiger partial charge < -0.3 is 0 Å². The molecule has 0 radical (unpaired) electrons. The Hall–Kier alpha value is -0.370. The van der Waals surface area contributed by atoms with Crippen molar-refractivity contribution < 1.29 is 4.79 Å². The summed E-state index contributed by atoms with van der Waals surface area (Å²) in [6, 6.07) is 0.254. The summed E-state index contributed by atoms with van der Waals surface area (Å²) >= 11 is 0. The average Bonchev–Trinajstić information content (AvgIpc) is 2.12. The van der Waals surface area contributed by atoms with E-state index in [1.807, 2.05) is 0 Å². The largest absolute Gasteiger partial charge is 0.298 e. The van der Waals surface area contributed by atoms with Gasteiger partial charge in [-0.1, -0.05) is 12.8 Å². The van der Waals surface area contributed by atoms with E-state index in [1.54, 1.807) is 0 Å². The van der Waals surface area contributed by atoms with Crippen LogP contribution in [-0.4, -0.2) is 30.3 Å². The third-order valence-corrected chi connectivity index (χ3v) is 3.83. The molecule has 1 atom stereocenters. The molecule has 2 nitrogen and oxygen atoms in total. The van der Waals surface area contributed by atoms with E-state index in [0.717, 1.165) is 31.7 Å². The summed E-state index contributed by atoms with van der Waals surface area (Å²) in [7, 11) is 2.13. The lowest BCUT2D eigenvalue weighted by Gasteiger charge is -2.35. The molecule has 0 aliphatic heterocycles. The van der Waals surface area contributed by atoms with Crippen molar-refractivity contribution >= 4 is 5.78 Å². The fourth-order valence-electron chi connectivity index (χ4n) is 2.64. The van der Waals surface area contributed by atoms with Crippen LogP contribution in [0.15, 0.2) is 0 Å². The Morgan fingerprint density at radius 2 is 2.00 bits per heavy atom. The summed E-state index contributed by atoms with van der Waals surface area (Å²) in [5.41, 5.74) is 0. The summed E-state index contributed by atoms with van der Waals surface area (Å²) in [6.45, 7) is 1.15. The predicted molar refractivity (Wildman–Crippen MR) is 57.2 cm³/mol. The van der Waals surface area contributed by atoms with Gasteiger partial charge in [-0.2, -0.15) is 0 Å². The van der Waals surface area contributed by atoms with Crippen LogP contribution in [0, 0.1) is 5.92 Å². The van der Waals surface area contributed by atoms with Crippen molar-refractivity contribution in [3.63, 3.8) is 0 Å². The minimum absolute atomic E-state index is 0.254. The highest BCUT2D eigenvalue weighted by atomic mass is 16.1. The Morgan fingerprint density at radius 1 is 1.21 bits per heavy atom. The van der Waals surface area contributed by atoms with E-state index >= 15 is 0 Å². The van der Waals surface area contributed by atoms with E-state index in [1.165, 1.54) is 25.7 Å². The van der Waals surface area contributed by atoms with Crippen molar-refractivity contribution in [3.05, 3.63) is 0 Å². The second-order valence-corrected chi connectivity index (χ2v) is 4.96. The Kier molecular flexibility index (Phi) is 3.22. The second kappa shape index (κ2) is 4.43. The summed E-state index contributed by atoms with van der Waals surface area (Å²) in [5, 5.41) is 0. The standard InChI is InChI=1S/C12H21NO/c1-13(9-10-5-4-6-10)11-7-2-3-8-12(11)14/h10-11H,2-9H2,1H3. The summed E-state index contributed by atoms with van der Waals surface area (Å²) in [5.74, 6) is 1.37. The van der Waals surface area contributed by atoms with E-state index < -0.39 is 0 Å². The van der Waals surface area contributed by atoms with Gasteiger partial charge in [-0.3, -0.25) is 9.69 Å². The molecule has 0 spiro atoms. The molecule has 0 bridgehead atoms. The van der Waals surface area contributed by atoms with E-state index in [0.29, 0.717) is 5.78 Å². The molecule has 0 amide bonds. The molecule has 0 aromatic heterocycles. The number of nitrogens with zero attached hydrogens (tertiary/aromatic N) is 1. The lowest BCUT2D eigenvalue weighted by molar-refractivity contribution is -0.126. The Balaban J connectivity index is 1.82. The topological polar surface area (TPSA) is 20.3 Å². The van der Waals surface area contributed by atoms with Crippen molar-refractivity contribution in [2.75, 3.05) is 13.6 Å². The Labute approximate surface area is 86.7 Å². The molecule has 2 aliphatic carbocycles. The van der Waals surface area contributed by atoms with Gasteiger partial charge in [0.25, 0.3) is 0 Å². The third kappa shape index (κ3) is 2.17. The second-order valence-electron chi connectivity index (χ2n) is 4.96. The van der Waals surface area contributed by atoms with Gasteiger partial charge in [0, 0.05) is 13.0 Å². The Morgan fingerprint density at radius 3 is 2.57 bits per heavy atom. The highest BCUT2D eigenvalue weighted by Crippen LogP contribution is 2.28. The van der Waals surface area contributed by atoms with Crippen LogP contribution >= 0.6 is 0 Å². The molecule has 1 unspecified atom stereocenters. The van der Waals surface area contributed by atoms with Crippen molar-refractivity contribution in [2.24, 2.45) is 5.92 Å². The van der Waals surface area contributed by atoms with Crippen LogP contribution in [0.4, 0.5) is 0 Å². The van der Waals surface area contributed by atoms with Gasteiger partial charge in [-0.25, -0.2) is 0 Å². The number of hydrogen-bond donors (Lipinski definition) is 0. The summed E-state index contributed by atoms with van der Waals surface area (Å²) in [4.78, 5) is 14.0. The van der Waals surface area contributed by atoms with Crippen molar-refractivity contribution in [1.29, 1.82) is 0 Å². The first-order valence-electron chi connectivity index (χ1n) is 6.00. The van der Waals surface area contributed by atoms with Crippen LogP contribution in [0.2, 0.25) is 0 Å². The van der Waals surface area contributed by atoms with Crippen LogP contribution in [-0.2, 0) is 4.79 Å². The molecular weight excluding hydrogens is 174 g/mol. The van der Waals surface area contributed by atoms with Crippen LogP contribution in [0.25, 0.3) is 0 Å². The van der Waals surface area contributed by atoms with Crippen molar-refractivity contribution in [2.45, 2.75) is 51.0 Å². The lowest BCUT2D eigenvalue weighted by Crippen LogP contribution is -2.43. The van der Waals surface area contributed by atoms with Gasteiger partial charge in [-0.15, -0.1) is 0 Å². The molecule has 80 valence electrons. The van der Waals surface area contributed by atoms with Gasteiger partial charge in [0.05, 0.1) is 6.04 Å². The maximum Gasteiger partial charge on any atom is 0.149 e. The first kappa shape index (κ1) is 10.2.